The molecule has 2 unspecified atom stereocenters. The molecule has 0 spiro atoms. The maximum absolute atomic E-state index is 11.8. The van der Waals surface area contributed by atoms with E-state index in [0.717, 1.165) is 43.6 Å². The molecule has 0 aromatic heterocycles. The summed E-state index contributed by atoms with van der Waals surface area (Å²) >= 11 is 0. The van der Waals surface area contributed by atoms with E-state index >= 15 is 0 Å². The van der Waals surface area contributed by atoms with Crippen LogP contribution in [0.4, 0.5) is 0 Å². The first-order chi connectivity index (χ1) is 9.31. The third-order valence-electron chi connectivity index (χ3n) is 4.06. The van der Waals surface area contributed by atoms with E-state index in [-0.39, 0.29) is 18.4 Å². The van der Waals surface area contributed by atoms with Crippen molar-refractivity contribution >= 4 is 18.4 Å². The van der Waals surface area contributed by atoms with Gasteiger partial charge in [0.25, 0.3) is 0 Å². The smallest absolute Gasteiger partial charge is 0.320 e. The fourth-order valence-electron chi connectivity index (χ4n) is 3.05. The third-order valence-corrected chi connectivity index (χ3v) is 4.06. The number of esters is 1. The van der Waals surface area contributed by atoms with Crippen LogP contribution in [0.15, 0.2) is 30.3 Å². The molecule has 1 N–H and O–H groups in total. The van der Waals surface area contributed by atoms with Gasteiger partial charge < -0.3 is 10.1 Å². The molecule has 2 fully saturated rings. The van der Waals surface area contributed by atoms with Gasteiger partial charge in [0, 0.05) is 13.1 Å². The van der Waals surface area contributed by atoms with Crippen molar-refractivity contribution in [2.75, 3.05) is 32.7 Å². The van der Waals surface area contributed by atoms with Crippen molar-refractivity contribution in [2.45, 2.75) is 6.61 Å². The second-order valence-corrected chi connectivity index (χ2v) is 5.52. The molecule has 20 heavy (non-hydrogen) atoms. The van der Waals surface area contributed by atoms with Gasteiger partial charge in [0.15, 0.2) is 0 Å². The van der Waals surface area contributed by atoms with Crippen molar-refractivity contribution in [1.29, 1.82) is 0 Å². The quantitative estimate of drug-likeness (QED) is 0.851. The SMILES string of the molecule is Cl.O=C(CN1CC2CNCC2C1)OCc1ccccc1. The van der Waals surface area contributed by atoms with E-state index in [2.05, 4.69) is 10.2 Å². The lowest BCUT2D eigenvalue weighted by atomic mass is 10.0. The molecule has 0 aliphatic carbocycles. The number of nitrogens with zero attached hydrogens (tertiary/aromatic N) is 1. The van der Waals surface area contributed by atoms with Gasteiger partial charge in [-0.15, -0.1) is 12.4 Å². The van der Waals surface area contributed by atoms with Gasteiger partial charge in [-0.2, -0.15) is 0 Å². The van der Waals surface area contributed by atoms with E-state index in [4.69, 9.17) is 4.74 Å². The topological polar surface area (TPSA) is 41.6 Å². The number of hydrogen-bond acceptors (Lipinski definition) is 4. The number of fused-ring (bicyclic) bond motifs is 1. The number of rotatable bonds is 4. The van der Waals surface area contributed by atoms with Gasteiger partial charge in [-0.05, 0) is 30.5 Å². The molecule has 2 heterocycles. The lowest BCUT2D eigenvalue weighted by Crippen LogP contribution is -2.31. The van der Waals surface area contributed by atoms with Gasteiger partial charge >= 0.3 is 5.97 Å². The fraction of sp³-hybridized carbons (Fsp3) is 0.533. The van der Waals surface area contributed by atoms with Crippen LogP contribution in [0, 0.1) is 11.8 Å². The zero-order valence-corrected chi connectivity index (χ0v) is 12.3. The van der Waals surface area contributed by atoms with Crippen LogP contribution in [0.5, 0.6) is 0 Å². The summed E-state index contributed by atoms with van der Waals surface area (Å²) in [5.41, 5.74) is 1.04. The van der Waals surface area contributed by atoms with Crippen LogP contribution in [0.3, 0.4) is 0 Å². The van der Waals surface area contributed by atoms with Crippen LogP contribution in [0.25, 0.3) is 0 Å². The average molecular weight is 297 g/mol. The highest BCUT2D eigenvalue weighted by atomic mass is 35.5. The van der Waals surface area contributed by atoms with Gasteiger partial charge in [-0.3, -0.25) is 9.69 Å². The van der Waals surface area contributed by atoms with Crippen molar-refractivity contribution in [3.63, 3.8) is 0 Å². The van der Waals surface area contributed by atoms with E-state index in [0.29, 0.717) is 13.2 Å². The van der Waals surface area contributed by atoms with Crippen LogP contribution in [-0.4, -0.2) is 43.6 Å². The molecular formula is C15H21ClN2O2. The van der Waals surface area contributed by atoms with Gasteiger partial charge in [-0.25, -0.2) is 0 Å². The maximum atomic E-state index is 11.8. The van der Waals surface area contributed by atoms with Crippen molar-refractivity contribution in [1.82, 2.24) is 10.2 Å². The Morgan fingerprint density at radius 3 is 2.50 bits per heavy atom. The number of carbonyl (C=O) groups is 1. The molecule has 2 aliphatic heterocycles. The second kappa shape index (κ2) is 7.07. The molecule has 1 aromatic carbocycles. The molecule has 5 heteroatoms. The molecule has 0 amide bonds. The minimum absolute atomic E-state index is 0. The van der Waals surface area contributed by atoms with Gasteiger partial charge in [0.05, 0.1) is 6.54 Å². The number of carbonyl (C=O) groups excluding carboxylic acids is 1. The summed E-state index contributed by atoms with van der Waals surface area (Å²) in [6.45, 7) is 5.05. The monoisotopic (exact) mass is 296 g/mol. The number of halogens is 1. The second-order valence-electron chi connectivity index (χ2n) is 5.52. The van der Waals surface area contributed by atoms with Crippen LogP contribution >= 0.6 is 12.4 Å². The molecular weight excluding hydrogens is 276 g/mol. The summed E-state index contributed by atoms with van der Waals surface area (Å²) in [5.74, 6) is 1.33. The van der Waals surface area contributed by atoms with Crippen molar-refractivity contribution in [3.8, 4) is 0 Å². The Morgan fingerprint density at radius 1 is 1.20 bits per heavy atom. The Labute approximate surface area is 125 Å². The zero-order chi connectivity index (χ0) is 13.1. The number of likely N-dealkylation sites (tertiary alicyclic amines) is 1. The Balaban J connectivity index is 0.00000147. The zero-order valence-electron chi connectivity index (χ0n) is 11.5. The molecule has 0 radical (unpaired) electrons. The Kier molecular flexibility index (Phi) is 5.40. The first-order valence-corrected chi connectivity index (χ1v) is 6.94. The van der Waals surface area contributed by atoms with Crippen molar-refractivity contribution in [3.05, 3.63) is 35.9 Å². The minimum Gasteiger partial charge on any atom is -0.460 e. The van der Waals surface area contributed by atoms with Crippen LogP contribution in [-0.2, 0) is 16.1 Å². The standard InChI is InChI=1S/C15H20N2O2.ClH/c18-15(19-11-12-4-2-1-3-5-12)10-17-8-13-6-16-7-14(13)9-17;/h1-5,13-14,16H,6-11H2;1H. The van der Waals surface area contributed by atoms with E-state index < -0.39 is 0 Å². The predicted octanol–water partition coefficient (Wildman–Crippen LogP) is 1.30. The van der Waals surface area contributed by atoms with Crippen molar-refractivity contribution in [2.24, 2.45) is 11.8 Å². The summed E-state index contributed by atoms with van der Waals surface area (Å²) in [6, 6.07) is 9.82. The number of hydrogen-bond donors (Lipinski definition) is 1. The van der Waals surface area contributed by atoms with Gasteiger partial charge in [0.2, 0.25) is 0 Å². The number of nitrogens with one attached hydrogen (secondary N) is 1. The fourth-order valence-corrected chi connectivity index (χ4v) is 3.05. The summed E-state index contributed by atoms with van der Waals surface area (Å²) in [4.78, 5) is 14.0. The summed E-state index contributed by atoms with van der Waals surface area (Å²) in [7, 11) is 0. The van der Waals surface area contributed by atoms with E-state index in [1.807, 2.05) is 30.3 Å². The number of benzene rings is 1. The summed E-state index contributed by atoms with van der Waals surface area (Å²) in [6.07, 6.45) is 0. The molecule has 0 saturated carbocycles. The Morgan fingerprint density at radius 2 is 1.85 bits per heavy atom. The van der Waals surface area contributed by atoms with Gasteiger partial charge in [-0.1, -0.05) is 30.3 Å². The van der Waals surface area contributed by atoms with Crippen molar-refractivity contribution < 1.29 is 9.53 Å². The third kappa shape index (κ3) is 3.72. The number of ether oxygens (including phenoxy) is 1. The summed E-state index contributed by atoms with van der Waals surface area (Å²) < 4.78 is 5.32. The van der Waals surface area contributed by atoms with E-state index in [1.54, 1.807) is 0 Å². The highest BCUT2D eigenvalue weighted by Gasteiger charge is 2.36. The van der Waals surface area contributed by atoms with Crippen LogP contribution in [0.2, 0.25) is 0 Å². The lowest BCUT2D eigenvalue weighted by molar-refractivity contribution is -0.146. The average Bonchev–Trinajstić information content (AvgIpc) is 2.98. The normalized spacial score (nSPS) is 25.0. The van der Waals surface area contributed by atoms with Crippen LogP contribution in [0.1, 0.15) is 5.56 Å². The highest BCUT2D eigenvalue weighted by molar-refractivity contribution is 5.85. The molecule has 110 valence electrons. The first-order valence-electron chi connectivity index (χ1n) is 6.94. The van der Waals surface area contributed by atoms with Gasteiger partial charge in [0.1, 0.15) is 6.61 Å². The molecule has 3 rings (SSSR count). The molecule has 2 saturated heterocycles. The molecule has 2 atom stereocenters. The largest absolute Gasteiger partial charge is 0.460 e. The Hall–Kier alpha value is -1.10. The predicted molar refractivity (Wildman–Crippen MR) is 79.8 cm³/mol. The maximum Gasteiger partial charge on any atom is 0.320 e. The molecule has 2 aliphatic rings. The molecule has 1 aromatic rings. The Bertz CT molecular complexity index is 429. The van der Waals surface area contributed by atoms with E-state index in [9.17, 15) is 4.79 Å². The summed E-state index contributed by atoms with van der Waals surface area (Å²) in [5, 5.41) is 3.40. The first kappa shape index (κ1) is 15.3. The van der Waals surface area contributed by atoms with Crippen LogP contribution < -0.4 is 5.32 Å². The molecule has 0 bridgehead atoms. The highest BCUT2D eigenvalue weighted by Crippen LogP contribution is 2.25. The molecule has 4 nitrogen and oxygen atoms in total. The van der Waals surface area contributed by atoms with E-state index in [1.165, 1.54) is 0 Å². The minimum atomic E-state index is -0.114. The lowest BCUT2D eigenvalue weighted by Gasteiger charge is -2.15.